The van der Waals surface area contributed by atoms with Gasteiger partial charge in [0, 0.05) is 9.61 Å². The lowest BCUT2D eigenvalue weighted by Gasteiger charge is -2.23. The molecule has 0 aliphatic heterocycles. The Morgan fingerprint density at radius 1 is 1.38 bits per heavy atom. The van der Waals surface area contributed by atoms with E-state index in [1.165, 1.54) is 9.13 Å². The second-order valence-corrected chi connectivity index (χ2v) is 6.62. The maximum Gasteiger partial charge on any atom is 0.0460 e. The van der Waals surface area contributed by atoms with E-state index in [-0.39, 0.29) is 6.04 Å². The van der Waals surface area contributed by atoms with Crippen molar-refractivity contribution in [1.82, 2.24) is 5.43 Å². The van der Waals surface area contributed by atoms with Gasteiger partial charge in [-0.2, -0.15) is 0 Å². The predicted molar refractivity (Wildman–Crippen MR) is 77.9 cm³/mol. The topological polar surface area (TPSA) is 38.0 Å². The molecule has 3 N–H and O–H groups in total. The maximum atomic E-state index is 5.63. The molecule has 0 radical (unpaired) electrons. The average Bonchev–Trinajstić information content (AvgIpc) is 2.17. The van der Waals surface area contributed by atoms with E-state index in [4.69, 9.17) is 5.84 Å². The van der Waals surface area contributed by atoms with E-state index in [0.29, 0.717) is 5.41 Å². The minimum absolute atomic E-state index is 0.258. The number of benzene rings is 1. The molecular formula is C13H21IN2. The molecule has 1 unspecified atom stereocenters. The fourth-order valence-corrected chi connectivity index (χ4v) is 2.21. The van der Waals surface area contributed by atoms with Crippen LogP contribution in [0.4, 0.5) is 0 Å². The number of nitrogens with two attached hydrogens (primary N) is 1. The van der Waals surface area contributed by atoms with Crippen molar-refractivity contribution < 1.29 is 0 Å². The van der Waals surface area contributed by atoms with Gasteiger partial charge in [-0.3, -0.25) is 11.3 Å². The molecule has 0 heterocycles. The van der Waals surface area contributed by atoms with Crippen LogP contribution >= 0.6 is 22.6 Å². The van der Waals surface area contributed by atoms with E-state index in [0.717, 1.165) is 12.8 Å². The lowest BCUT2D eigenvalue weighted by Crippen LogP contribution is -2.29. The minimum Gasteiger partial charge on any atom is -0.271 e. The zero-order chi connectivity index (χ0) is 12.2. The van der Waals surface area contributed by atoms with Crippen LogP contribution in [0.5, 0.6) is 0 Å². The average molecular weight is 332 g/mol. The van der Waals surface area contributed by atoms with Crippen LogP contribution in [0, 0.1) is 8.99 Å². The molecule has 1 aromatic rings. The highest BCUT2D eigenvalue weighted by Gasteiger charge is 2.15. The van der Waals surface area contributed by atoms with Gasteiger partial charge < -0.3 is 0 Å². The van der Waals surface area contributed by atoms with Crippen molar-refractivity contribution in [3.8, 4) is 0 Å². The van der Waals surface area contributed by atoms with Gasteiger partial charge in [0.25, 0.3) is 0 Å². The summed E-state index contributed by atoms with van der Waals surface area (Å²) in [4.78, 5) is 0. The molecule has 1 rings (SSSR count). The largest absolute Gasteiger partial charge is 0.271 e. The van der Waals surface area contributed by atoms with E-state index in [1.54, 1.807) is 0 Å². The van der Waals surface area contributed by atoms with Crippen LogP contribution in [0.3, 0.4) is 0 Å². The zero-order valence-corrected chi connectivity index (χ0v) is 12.4. The highest BCUT2D eigenvalue weighted by molar-refractivity contribution is 14.1. The third-order valence-electron chi connectivity index (χ3n) is 2.64. The molecule has 0 aromatic heterocycles. The van der Waals surface area contributed by atoms with Crippen LogP contribution in [0.1, 0.15) is 45.2 Å². The number of hydrazine groups is 1. The summed E-state index contributed by atoms with van der Waals surface area (Å²) >= 11 is 2.33. The summed E-state index contributed by atoms with van der Waals surface area (Å²) in [6, 6.07) is 8.76. The Labute approximate surface area is 112 Å². The third-order valence-corrected chi connectivity index (χ3v) is 3.31. The van der Waals surface area contributed by atoms with Gasteiger partial charge in [0.2, 0.25) is 0 Å². The Morgan fingerprint density at radius 2 is 2.06 bits per heavy atom. The van der Waals surface area contributed by atoms with E-state index in [2.05, 4.69) is 73.1 Å². The van der Waals surface area contributed by atoms with Crippen molar-refractivity contribution in [3.63, 3.8) is 0 Å². The predicted octanol–water partition coefficient (Wildman–Crippen LogP) is 3.62. The summed E-state index contributed by atoms with van der Waals surface area (Å²) in [5.74, 6) is 5.63. The summed E-state index contributed by atoms with van der Waals surface area (Å²) in [7, 11) is 0. The summed E-state index contributed by atoms with van der Waals surface area (Å²) < 4.78 is 1.26. The molecule has 0 saturated carbocycles. The molecule has 3 heteroatoms. The van der Waals surface area contributed by atoms with Crippen molar-refractivity contribution in [2.75, 3.05) is 0 Å². The van der Waals surface area contributed by atoms with Crippen molar-refractivity contribution in [2.45, 2.75) is 39.7 Å². The normalized spacial score (nSPS) is 13.8. The van der Waals surface area contributed by atoms with Crippen LogP contribution in [0.25, 0.3) is 0 Å². The fourth-order valence-electron chi connectivity index (χ4n) is 1.65. The summed E-state index contributed by atoms with van der Waals surface area (Å²) in [5.41, 5.74) is 4.55. The lowest BCUT2D eigenvalue weighted by atomic mass is 9.87. The lowest BCUT2D eigenvalue weighted by molar-refractivity contribution is 0.333. The molecule has 0 saturated heterocycles. The van der Waals surface area contributed by atoms with E-state index in [9.17, 15) is 0 Å². The molecule has 0 spiro atoms. The molecule has 0 bridgehead atoms. The fraction of sp³-hybridized carbons (Fsp3) is 0.538. The maximum absolute atomic E-state index is 5.63. The van der Waals surface area contributed by atoms with Gasteiger partial charge >= 0.3 is 0 Å². The summed E-state index contributed by atoms with van der Waals surface area (Å²) in [6.07, 6.45) is 2.23. The highest BCUT2D eigenvalue weighted by atomic mass is 127. The Morgan fingerprint density at radius 3 is 2.56 bits per heavy atom. The number of halogens is 1. The number of nitrogens with one attached hydrogen (secondary N) is 1. The Bertz CT molecular complexity index is 331. The molecule has 16 heavy (non-hydrogen) atoms. The van der Waals surface area contributed by atoms with Crippen LogP contribution in [0.15, 0.2) is 24.3 Å². The van der Waals surface area contributed by atoms with Crippen LogP contribution in [0.2, 0.25) is 0 Å². The smallest absolute Gasteiger partial charge is 0.0460 e. The molecule has 1 aromatic carbocycles. The van der Waals surface area contributed by atoms with Crippen molar-refractivity contribution in [1.29, 1.82) is 0 Å². The van der Waals surface area contributed by atoms with Crippen molar-refractivity contribution in [2.24, 2.45) is 11.3 Å². The van der Waals surface area contributed by atoms with Gasteiger partial charge in [0.1, 0.15) is 0 Å². The number of rotatable bonds is 4. The Balaban J connectivity index is 2.68. The van der Waals surface area contributed by atoms with E-state index >= 15 is 0 Å². The van der Waals surface area contributed by atoms with Crippen LogP contribution in [-0.2, 0) is 0 Å². The minimum atomic E-state index is 0.258. The molecule has 0 fully saturated rings. The van der Waals surface area contributed by atoms with Crippen molar-refractivity contribution >= 4 is 22.6 Å². The Kier molecular flexibility index (Phi) is 5.21. The van der Waals surface area contributed by atoms with Crippen LogP contribution in [-0.4, -0.2) is 0 Å². The number of hydrogen-bond donors (Lipinski definition) is 2. The summed E-state index contributed by atoms with van der Waals surface area (Å²) in [5, 5.41) is 0. The SMILES string of the molecule is CC(C)(C)CCC(NN)c1cccc(I)c1. The second kappa shape index (κ2) is 5.98. The molecular weight excluding hydrogens is 311 g/mol. The van der Waals surface area contributed by atoms with Gasteiger partial charge in [-0.25, -0.2) is 0 Å². The van der Waals surface area contributed by atoms with E-state index < -0.39 is 0 Å². The first-order valence-electron chi connectivity index (χ1n) is 5.64. The summed E-state index contributed by atoms with van der Waals surface area (Å²) in [6.45, 7) is 6.78. The zero-order valence-electron chi connectivity index (χ0n) is 10.3. The highest BCUT2D eigenvalue weighted by Crippen LogP contribution is 2.27. The molecule has 1 atom stereocenters. The molecule has 2 nitrogen and oxygen atoms in total. The monoisotopic (exact) mass is 332 g/mol. The van der Waals surface area contributed by atoms with Crippen LogP contribution < -0.4 is 11.3 Å². The molecule has 0 amide bonds. The Hall–Kier alpha value is -0.130. The van der Waals surface area contributed by atoms with Gasteiger partial charge in [0.15, 0.2) is 0 Å². The molecule has 90 valence electrons. The third kappa shape index (κ3) is 4.80. The number of hydrogen-bond acceptors (Lipinski definition) is 2. The molecule has 0 aliphatic carbocycles. The quantitative estimate of drug-likeness (QED) is 0.502. The first-order chi connectivity index (χ1) is 7.42. The van der Waals surface area contributed by atoms with Gasteiger partial charge in [-0.15, -0.1) is 0 Å². The first-order valence-corrected chi connectivity index (χ1v) is 6.72. The molecule has 0 aliphatic rings. The van der Waals surface area contributed by atoms with Crippen molar-refractivity contribution in [3.05, 3.63) is 33.4 Å². The van der Waals surface area contributed by atoms with Gasteiger partial charge in [-0.05, 0) is 58.5 Å². The van der Waals surface area contributed by atoms with Gasteiger partial charge in [-0.1, -0.05) is 32.9 Å². The van der Waals surface area contributed by atoms with Gasteiger partial charge in [0.05, 0.1) is 0 Å². The standard InChI is InChI=1S/C13H21IN2/c1-13(2,3)8-7-12(16-15)10-5-4-6-11(14)9-10/h4-6,9,12,16H,7-8,15H2,1-3H3. The second-order valence-electron chi connectivity index (χ2n) is 5.37. The van der Waals surface area contributed by atoms with E-state index in [1.807, 2.05) is 0 Å². The first kappa shape index (κ1) is 13.9.